The van der Waals surface area contributed by atoms with Gasteiger partial charge in [-0.3, -0.25) is 0 Å². The van der Waals surface area contributed by atoms with Crippen molar-refractivity contribution in [2.45, 2.75) is 18.9 Å². The summed E-state index contributed by atoms with van der Waals surface area (Å²) in [6, 6.07) is 8.99. The summed E-state index contributed by atoms with van der Waals surface area (Å²) < 4.78 is 0. The quantitative estimate of drug-likeness (QED) is 0.783. The molecule has 2 aromatic rings. The van der Waals surface area contributed by atoms with Gasteiger partial charge in [0.2, 0.25) is 0 Å². The fourth-order valence-electron chi connectivity index (χ4n) is 3.51. The summed E-state index contributed by atoms with van der Waals surface area (Å²) in [6.45, 7) is 2.19. The number of hydrogen-bond donors (Lipinski definition) is 3. The topological polar surface area (TPSA) is 63.0 Å². The maximum absolute atomic E-state index is 5.93. The molecular formula is C15H18N4. The van der Waals surface area contributed by atoms with Crippen molar-refractivity contribution in [2.24, 2.45) is 5.41 Å². The minimum absolute atomic E-state index is 0.478. The number of hydrogen-bond acceptors (Lipinski definition) is 4. The second kappa shape index (κ2) is 3.84. The van der Waals surface area contributed by atoms with Crippen LogP contribution in [0.25, 0.3) is 10.8 Å². The van der Waals surface area contributed by atoms with Crippen LogP contribution in [0.4, 0.5) is 11.5 Å². The van der Waals surface area contributed by atoms with Crippen molar-refractivity contribution in [1.82, 2.24) is 10.3 Å². The molecule has 1 aliphatic carbocycles. The molecule has 3 aliphatic rings. The van der Waals surface area contributed by atoms with Gasteiger partial charge in [0.15, 0.2) is 0 Å². The number of nitrogens with one attached hydrogen (secondary N) is 2. The van der Waals surface area contributed by atoms with E-state index in [4.69, 9.17) is 5.73 Å². The average molecular weight is 254 g/mol. The van der Waals surface area contributed by atoms with E-state index in [0.717, 1.165) is 35.6 Å². The van der Waals surface area contributed by atoms with Crippen molar-refractivity contribution < 1.29 is 0 Å². The predicted octanol–water partition coefficient (Wildman–Crippen LogP) is 1.98. The Morgan fingerprint density at radius 1 is 1.32 bits per heavy atom. The molecule has 0 amide bonds. The number of nitrogens with zero attached hydrogens (tertiary/aromatic N) is 1. The monoisotopic (exact) mass is 254 g/mol. The molecule has 0 spiro atoms. The average Bonchev–Trinajstić information content (AvgIpc) is 2.97. The molecule has 4 nitrogen and oxygen atoms in total. The van der Waals surface area contributed by atoms with E-state index in [-0.39, 0.29) is 0 Å². The molecule has 1 aromatic heterocycles. The van der Waals surface area contributed by atoms with Gasteiger partial charge in [-0.05, 0) is 25.0 Å². The molecule has 3 fully saturated rings. The highest BCUT2D eigenvalue weighted by Crippen LogP contribution is 2.46. The smallest absolute Gasteiger partial charge is 0.131 e. The maximum atomic E-state index is 5.93. The highest BCUT2D eigenvalue weighted by atomic mass is 15.1. The molecule has 3 heterocycles. The first kappa shape index (κ1) is 11.1. The number of aromatic nitrogens is 1. The summed E-state index contributed by atoms with van der Waals surface area (Å²) in [5.74, 6) is 0.602. The zero-order valence-electron chi connectivity index (χ0n) is 10.8. The van der Waals surface area contributed by atoms with Crippen LogP contribution in [-0.4, -0.2) is 24.1 Å². The second-order valence-corrected chi connectivity index (χ2v) is 5.94. The van der Waals surface area contributed by atoms with Gasteiger partial charge in [-0.2, -0.15) is 0 Å². The molecule has 2 saturated heterocycles. The predicted molar refractivity (Wildman–Crippen MR) is 78.1 cm³/mol. The third kappa shape index (κ3) is 1.67. The Morgan fingerprint density at radius 3 is 3.00 bits per heavy atom. The molecule has 2 aliphatic heterocycles. The van der Waals surface area contributed by atoms with Gasteiger partial charge >= 0.3 is 0 Å². The molecule has 4 heteroatoms. The van der Waals surface area contributed by atoms with Crippen LogP contribution in [0, 0.1) is 5.41 Å². The molecule has 0 radical (unpaired) electrons. The number of anilines is 2. The van der Waals surface area contributed by atoms with Gasteiger partial charge in [-0.1, -0.05) is 12.1 Å². The lowest BCUT2D eigenvalue weighted by Crippen LogP contribution is -2.39. The molecule has 0 atom stereocenters. The Bertz CT molecular complexity index is 626. The van der Waals surface area contributed by atoms with E-state index >= 15 is 0 Å². The number of rotatable bonds is 3. The minimum atomic E-state index is 0.478. The van der Waals surface area contributed by atoms with Gasteiger partial charge < -0.3 is 16.4 Å². The Kier molecular flexibility index (Phi) is 2.23. The Morgan fingerprint density at radius 2 is 2.21 bits per heavy atom. The van der Waals surface area contributed by atoms with Gasteiger partial charge in [0, 0.05) is 47.2 Å². The number of pyridine rings is 1. The zero-order chi connectivity index (χ0) is 12.9. The van der Waals surface area contributed by atoms with Crippen molar-refractivity contribution in [3.05, 3.63) is 30.5 Å². The lowest BCUT2D eigenvalue weighted by atomic mass is 9.70. The van der Waals surface area contributed by atoms with Crippen LogP contribution in [-0.2, 0) is 0 Å². The summed E-state index contributed by atoms with van der Waals surface area (Å²) in [5.41, 5.74) is 7.57. The van der Waals surface area contributed by atoms with Crippen molar-refractivity contribution in [1.29, 1.82) is 0 Å². The zero-order valence-corrected chi connectivity index (χ0v) is 10.8. The van der Waals surface area contributed by atoms with Crippen LogP contribution in [0.2, 0.25) is 0 Å². The van der Waals surface area contributed by atoms with Gasteiger partial charge in [-0.15, -0.1) is 0 Å². The fraction of sp³-hybridized carbons (Fsp3) is 0.400. The van der Waals surface area contributed by atoms with Gasteiger partial charge in [0.25, 0.3) is 0 Å². The largest absolute Gasteiger partial charge is 0.384 e. The summed E-state index contributed by atoms with van der Waals surface area (Å²) in [4.78, 5) is 4.15. The summed E-state index contributed by atoms with van der Waals surface area (Å²) in [6.07, 6.45) is 4.40. The van der Waals surface area contributed by atoms with E-state index in [9.17, 15) is 0 Å². The Labute approximate surface area is 112 Å². The Balaban J connectivity index is 1.62. The summed E-state index contributed by atoms with van der Waals surface area (Å²) >= 11 is 0. The normalized spacial score (nSPS) is 28.3. The van der Waals surface area contributed by atoms with Crippen LogP contribution in [0.5, 0.6) is 0 Å². The number of nitrogens with two attached hydrogens (primary N) is 1. The molecule has 19 heavy (non-hydrogen) atoms. The van der Waals surface area contributed by atoms with Crippen molar-refractivity contribution in [3.63, 3.8) is 0 Å². The van der Waals surface area contributed by atoms with E-state index in [2.05, 4.69) is 21.7 Å². The molecule has 1 aromatic carbocycles. The van der Waals surface area contributed by atoms with Crippen LogP contribution in [0.15, 0.2) is 30.5 Å². The summed E-state index contributed by atoms with van der Waals surface area (Å²) in [7, 11) is 0. The molecule has 5 rings (SSSR count). The highest BCUT2D eigenvalue weighted by molar-refractivity contribution is 5.99. The van der Waals surface area contributed by atoms with Gasteiger partial charge in [-0.25, -0.2) is 4.98 Å². The molecule has 4 N–H and O–H groups in total. The molecule has 2 bridgehead atoms. The van der Waals surface area contributed by atoms with Crippen molar-refractivity contribution in [2.75, 3.05) is 24.1 Å². The molecule has 98 valence electrons. The molecule has 1 saturated carbocycles. The first-order valence-electron chi connectivity index (χ1n) is 6.86. The highest BCUT2D eigenvalue weighted by Gasteiger charge is 2.49. The lowest BCUT2D eigenvalue weighted by molar-refractivity contribution is 0.215. The van der Waals surface area contributed by atoms with Crippen LogP contribution < -0.4 is 16.4 Å². The standard InChI is InChI=1S/C15H18N4/c16-14-12-2-1-3-13(11(12)4-5-17-14)19-9-15-6-10(7-15)18-8-15/h1-5,10,18-19H,6-9H2,(H2,16,17). The summed E-state index contributed by atoms with van der Waals surface area (Å²) in [5, 5.41) is 9.35. The molecular weight excluding hydrogens is 236 g/mol. The van der Waals surface area contributed by atoms with Crippen LogP contribution in [0.1, 0.15) is 12.8 Å². The second-order valence-electron chi connectivity index (χ2n) is 5.94. The Hall–Kier alpha value is -1.81. The van der Waals surface area contributed by atoms with Crippen molar-refractivity contribution in [3.8, 4) is 0 Å². The third-order valence-electron chi connectivity index (χ3n) is 4.62. The van der Waals surface area contributed by atoms with E-state index in [1.54, 1.807) is 6.20 Å². The third-order valence-corrected chi connectivity index (χ3v) is 4.62. The van der Waals surface area contributed by atoms with E-state index < -0.39 is 0 Å². The first-order valence-corrected chi connectivity index (χ1v) is 6.86. The van der Waals surface area contributed by atoms with E-state index in [1.165, 1.54) is 12.8 Å². The van der Waals surface area contributed by atoms with Crippen LogP contribution >= 0.6 is 0 Å². The SMILES string of the molecule is Nc1nccc2c(NCC34CNC(C3)C4)cccc12. The number of nitrogen functional groups attached to an aromatic ring is 1. The molecule has 0 unspecified atom stereocenters. The van der Waals surface area contributed by atoms with Crippen LogP contribution in [0.3, 0.4) is 0 Å². The minimum Gasteiger partial charge on any atom is -0.384 e. The van der Waals surface area contributed by atoms with Gasteiger partial charge in [0.05, 0.1) is 0 Å². The van der Waals surface area contributed by atoms with E-state index in [0.29, 0.717) is 11.2 Å². The number of fused-ring (bicyclic) bond motifs is 2. The van der Waals surface area contributed by atoms with Gasteiger partial charge in [0.1, 0.15) is 5.82 Å². The van der Waals surface area contributed by atoms with Crippen molar-refractivity contribution >= 4 is 22.3 Å². The fourth-order valence-corrected chi connectivity index (χ4v) is 3.51. The maximum Gasteiger partial charge on any atom is 0.131 e. The van der Waals surface area contributed by atoms with E-state index in [1.807, 2.05) is 18.2 Å². The first-order chi connectivity index (χ1) is 9.26. The lowest BCUT2D eigenvalue weighted by Gasteiger charge is -2.37. The number of benzene rings is 1.